The number of aromatic nitrogens is 2. The number of fused-ring (bicyclic) bond motifs is 1. The average molecular weight is 417 g/mol. The van der Waals surface area contributed by atoms with E-state index in [1.807, 2.05) is 37.3 Å². The molecule has 1 N–H and O–H groups in total. The first-order chi connectivity index (χ1) is 14.6. The maximum absolute atomic E-state index is 12.9. The van der Waals surface area contributed by atoms with Crippen LogP contribution in [-0.2, 0) is 4.79 Å². The van der Waals surface area contributed by atoms with Gasteiger partial charge in [0.2, 0.25) is 5.91 Å². The van der Waals surface area contributed by atoms with E-state index < -0.39 is 6.04 Å². The van der Waals surface area contributed by atoms with Crippen molar-refractivity contribution in [1.29, 1.82) is 5.26 Å². The number of thioether (sulfide) groups is 1. The van der Waals surface area contributed by atoms with E-state index in [9.17, 15) is 9.59 Å². The molecule has 1 aliphatic rings. The van der Waals surface area contributed by atoms with Gasteiger partial charge in [-0.05, 0) is 36.8 Å². The lowest BCUT2D eigenvalue weighted by Crippen LogP contribution is -2.42. The second-order valence-corrected chi connectivity index (χ2v) is 7.92. The average Bonchev–Trinajstić information content (AvgIpc) is 3.26. The zero-order chi connectivity index (χ0) is 21.1. The van der Waals surface area contributed by atoms with E-state index in [1.54, 1.807) is 18.5 Å². The summed E-state index contributed by atoms with van der Waals surface area (Å²) in [5.41, 5.74) is 3.97. The molecule has 1 fully saturated rings. The van der Waals surface area contributed by atoms with Crippen molar-refractivity contribution in [1.82, 2.24) is 20.2 Å². The summed E-state index contributed by atoms with van der Waals surface area (Å²) in [6, 6.07) is 12.9. The van der Waals surface area contributed by atoms with Crippen LogP contribution >= 0.6 is 11.8 Å². The van der Waals surface area contributed by atoms with Gasteiger partial charge in [-0.3, -0.25) is 19.6 Å². The highest BCUT2D eigenvalue weighted by Gasteiger charge is 2.29. The van der Waals surface area contributed by atoms with Gasteiger partial charge in [-0.2, -0.15) is 5.26 Å². The molecule has 0 aliphatic carbocycles. The molecule has 0 spiro atoms. The van der Waals surface area contributed by atoms with E-state index in [0.29, 0.717) is 28.1 Å². The van der Waals surface area contributed by atoms with Crippen molar-refractivity contribution in [2.45, 2.75) is 13.0 Å². The number of carbonyl (C=O) groups is 2. The largest absolute Gasteiger partial charge is 0.343 e. The van der Waals surface area contributed by atoms with E-state index >= 15 is 0 Å². The van der Waals surface area contributed by atoms with Gasteiger partial charge in [-0.1, -0.05) is 12.1 Å². The fraction of sp³-hybridized carbons (Fsp3) is 0.227. The molecule has 0 bridgehead atoms. The molecule has 3 aromatic rings. The smallest absolute Gasteiger partial charge is 0.252 e. The lowest BCUT2D eigenvalue weighted by Gasteiger charge is -2.18. The number of nitrogens with zero attached hydrogens (tertiary/aromatic N) is 4. The molecule has 30 heavy (non-hydrogen) atoms. The molecule has 3 heterocycles. The van der Waals surface area contributed by atoms with Crippen LogP contribution in [0.4, 0.5) is 0 Å². The molecule has 2 amide bonds. The van der Waals surface area contributed by atoms with Gasteiger partial charge in [-0.25, -0.2) is 0 Å². The molecule has 7 nitrogen and oxygen atoms in total. The quantitative estimate of drug-likeness (QED) is 0.701. The predicted molar refractivity (Wildman–Crippen MR) is 116 cm³/mol. The predicted octanol–water partition coefficient (Wildman–Crippen LogP) is 2.76. The Hall–Kier alpha value is -3.44. The van der Waals surface area contributed by atoms with Crippen LogP contribution in [0, 0.1) is 18.3 Å². The number of aryl methyl sites for hydroxylation is 1. The fourth-order valence-electron chi connectivity index (χ4n) is 3.45. The van der Waals surface area contributed by atoms with Gasteiger partial charge in [0.25, 0.3) is 5.91 Å². The van der Waals surface area contributed by atoms with Crippen LogP contribution in [0.2, 0.25) is 0 Å². The Morgan fingerprint density at radius 3 is 2.93 bits per heavy atom. The SMILES string of the molecule is Cc1ncccc1-c1ccc2nccc(C(=O)NCC(=O)N3CSC[C@H]3C#N)c2c1. The van der Waals surface area contributed by atoms with Crippen molar-refractivity contribution >= 4 is 34.5 Å². The highest BCUT2D eigenvalue weighted by Crippen LogP contribution is 2.27. The van der Waals surface area contributed by atoms with Crippen LogP contribution in [0.15, 0.2) is 48.8 Å². The van der Waals surface area contributed by atoms with Gasteiger partial charge in [0.05, 0.1) is 29.6 Å². The molecule has 1 aliphatic heterocycles. The first kappa shape index (κ1) is 19.9. The van der Waals surface area contributed by atoms with Crippen molar-refractivity contribution in [2.24, 2.45) is 0 Å². The summed E-state index contributed by atoms with van der Waals surface area (Å²) in [5, 5.41) is 12.5. The number of nitrogens with one attached hydrogen (secondary N) is 1. The Bertz CT molecular complexity index is 1170. The van der Waals surface area contributed by atoms with Gasteiger partial charge < -0.3 is 10.2 Å². The topological polar surface area (TPSA) is 99.0 Å². The van der Waals surface area contributed by atoms with Gasteiger partial charge in [-0.15, -0.1) is 11.8 Å². The third-order valence-electron chi connectivity index (χ3n) is 5.06. The molecular weight excluding hydrogens is 398 g/mol. The number of hydrogen-bond acceptors (Lipinski definition) is 6. The zero-order valence-corrected chi connectivity index (χ0v) is 17.1. The van der Waals surface area contributed by atoms with Crippen LogP contribution in [0.1, 0.15) is 16.1 Å². The summed E-state index contributed by atoms with van der Waals surface area (Å²) in [5.74, 6) is 0.460. The number of nitriles is 1. The van der Waals surface area contributed by atoms with Gasteiger partial charge in [0.1, 0.15) is 6.04 Å². The van der Waals surface area contributed by atoms with Gasteiger partial charge in [0.15, 0.2) is 0 Å². The molecule has 1 saturated heterocycles. The summed E-state index contributed by atoms with van der Waals surface area (Å²) in [6.07, 6.45) is 3.32. The molecule has 8 heteroatoms. The van der Waals surface area contributed by atoms with Crippen LogP contribution in [0.25, 0.3) is 22.0 Å². The third kappa shape index (κ3) is 3.84. The van der Waals surface area contributed by atoms with Gasteiger partial charge in [0, 0.05) is 34.8 Å². The monoisotopic (exact) mass is 417 g/mol. The highest BCUT2D eigenvalue weighted by atomic mass is 32.2. The summed E-state index contributed by atoms with van der Waals surface area (Å²) in [7, 11) is 0. The Morgan fingerprint density at radius 1 is 1.27 bits per heavy atom. The number of pyridine rings is 2. The Kier molecular flexibility index (Phi) is 5.63. The number of rotatable bonds is 4. The molecule has 1 atom stereocenters. The van der Waals surface area contributed by atoms with Crippen molar-refractivity contribution < 1.29 is 9.59 Å². The zero-order valence-electron chi connectivity index (χ0n) is 16.3. The Morgan fingerprint density at radius 2 is 2.13 bits per heavy atom. The maximum atomic E-state index is 12.9. The highest BCUT2D eigenvalue weighted by molar-refractivity contribution is 7.99. The minimum absolute atomic E-state index is 0.150. The maximum Gasteiger partial charge on any atom is 0.252 e. The lowest BCUT2D eigenvalue weighted by molar-refractivity contribution is -0.129. The van der Waals surface area contributed by atoms with E-state index in [-0.39, 0.29) is 18.4 Å². The molecule has 0 unspecified atom stereocenters. The summed E-state index contributed by atoms with van der Waals surface area (Å²) in [6.45, 7) is 1.79. The van der Waals surface area contributed by atoms with E-state index in [4.69, 9.17) is 5.26 Å². The minimum atomic E-state index is -0.438. The molecule has 4 rings (SSSR count). The van der Waals surface area contributed by atoms with Crippen LogP contribution in [0.3, 0.4) is 0 Å². The van der Waals surface area contributed by atoms with Crippen LogP contribution in [-0.4, -0.2) is 50.9 Å². The first-order valence-electron chi connectivity index (χ1n) is 9.44. The van der Waals surface area contributed by atoms with E-state index in [1.165, 1.54) is 16.7 Å². The number of hydrogen-bond donors (Lipinski definition) is 1. The van der Waals surface area contributed by atoms with E-state index in [0.717, 1.165) is 16.8 Å². The standard InChI is InChI=1S/C22H19N5O2S/c1-14-17(3-2-7-24-14)15-4-5-20-19(9-15)18(6-8-25-20)22(29)26-11-21(28)27-13-30-12-16(27)10-23/h2-9,16H,11-13H2,1H3,(H,26,29)/t16-/m1/s1. The number of benzene rings is 1. The summed E-state index contributed by atoms with van der Waals surface area (Å²) < 4.78 is 0. The second kappa shape index (κ2) is 8.51. The number of carbonyl (C=O) groups excluding carboxylic acids is 2. The van der Waals surface area contributed by atoms with Crippen LogP contribution in [0.5, 0.6) is 0 Å². The lowest BCUT2D eigenvalue weighted by atomic mass is 10.00. The molecule has 2 aromatic heterocycles. The molecule has 0 saturated carbocycles. The van der Waals surface area contributed by atoms with Crippen LogP contribution < -0.4 is 5.32 Å². The summed E-state index contributed by atoms with van der Waals surface area (Å²) in [4.78, 5) is 35.5. The number of amides is 2. The Balaban J connectivity index is 1.58. The van der Waals surface area contributed by atoms with Crippen molar-refractivity contribution in [3.63, 3.8) is 0 Å². The van der Waals surface area contributed by atoms with Crippen molar-refractivity contribution in [2.75, 3.05) is 18.2 Å². The second-order valence-electron chi connectivity index (χ2n) is 6.92. The fourth-order valence-corrected chi connectivity index (χ4v) is 4.55. The molecular formula is C22H19N5O2S. The van der Waals surface area contributed by atoms with Crippen molar-refractivity contribution in [3.8, 4) is 17.2 Å². The van der Waals surface area contributed by atoms with Gasteiger partial charge >= 0.3 is 0 Å². The minimum Gasteiger partial charge on any atom is -0.343 e. The first-order valence-corrected chi connectivity index (χ1v) is 10.6. The van der Waals surface area contributed by atoms with E-state index in [2.05, 4.69) is 21.4 Å². The van der Waals surface area contributed by atoms with Crippen molar-refractivity contribution in [3.05, 3.63) is 60.0 Å². The molecule has 1 aromatic carbocycles. The molecule has 150 valence electrons. The summed E-state index contributed by atoms with van der Waals surface area (Å²) >= 11 is 1.53. The normalized spacial score (nSPS) is 15.7. The Labute approximate surface area is 178 Å². The third-order valence-corrected chi connectivity index (χ3v) is 6.07. The molecule has 0 radical (unpaired) electrons.